The van der Waals surface area contributed by atoms with Gasteiger partial charge in [0.15, 0.2) is 0 Å². The molecule has 1 unspecified atom stereocenters. The SMILES string of the molecule is COCC(C)C/C(N)=N/O. The van der Waals surface area contributed by atoms with Crippen LogP contribution in [-0.4, -0.2) is 24.8 Å². The lowest BCUT2D eigenvalue weighted by Crippen LogP contribution is -2.17. The Kier molecular flexibility index (Phi) is 4.66. The van der Waals surface area contributed by atoms with Crippen LogP contribution in [0.1, 0.15) is 13.3 Å². The fourth-order valence-corrected chi connectivity index (χ4v) is 0.741. The van der Waals surface area contributed by atoms with Crippen LogP contribution in [0.2, 0.25) is 0 Å². The quantitative estimate of drug-likeness (QED) is 0.261. The van der Waals surface area contributed by atoms with Crippen molar-refractivity contribution in [2.75, 3.05) is 13.7 Å². The first-order valence-electron chi connectivity index (χ1n) is 3.16. The van der Waals surface area contributed by atoms with Gasteiger partial charge in [-0.25, -0.2) is 0 Å². The highest BCUT2D eigenvalue weighted by Crippen LogP contribution is 2.00. The lowest BCUT2D eigenvalue weighted by Gasteiger charge is -2.07. The van der Waals surface area contributed by atoms with Crippen molar-refractivity contribution in [3.63, 3.8) is 0 Å². The zero-order chi connectivity index (χ0) is 7.98. The number of hydrogen-bond donors (Lipinski definition) is 2. The molecule has 4 heteroatoms. The van der Waals surface area contributed by atoms with E-state index in [1.54, 1.807) is 7.11 Å². The van der Waals surface area contributed by atoms with Gasteiger partial charge in [-0.15, -0.1) is 0 Å². The number of ether oxygens (including phenoxy) is 1. The number of nitrogens with zero attached hydrogens (tertiary/aromatic N) is 1. The van der Waals surface area contributed by atoms with E-state index in [0.29, 0.717) is 18.9 Å². The fraction of sp³-hybridized carbons (Fsp3) is 0.833. The summed E-state index contributed by atoms with van der Waals surface area (Å²) in [6.07, 6.45) is 0.574. The molecule has 0 fully saturated rings. The Morgan fingerprint density at radius 2 is 2.40 bits per heavy atom. The summed E-state index contributed by atoms with van der Waals surface area (Å²) in [5.74, 6) is 0.561. The van der Waals surface area contributed by atoms with Crippen LogP contribution in [0.25, 0.3) is 0 Å². The molecule has 0 aromatic heterocycles. The Balaban J connectivity index is 3.47. The maximum absolute atomic E-state index is 8.17. The normalized spacial score (nSPS) is 15.2. The Morgan fingerprint density at radius 1 is 1.80 bits per heavy atom. The van der Waals surface area contributed by atoms with Crippen LogP contribution in [-0.2, 0) is 4.74 Å². The lowest BCUT2D eigenvalue weighted by atomic mass is 10.1. The molecule has 0 aromatic carbocycles. The molecule has 0 heterocycles. The molecular formula is C6H14N2O2. The van der Waals surface area contributed by atoms with Crippen molar-refractivity contribution in [1.29, 1.82) is 0 Å². The van der Waals surface area contributed by atoms with Crippen LogP contribution in [0.5, 0.6) is 0 Å². The van der Waals surface area contributed by atoms with Crippen LogP contribution < -0.4 is 5.73 Å². The molecule has 3 N–H and O–H groups in total. The highest BCUT2D eigenvalue weighted by molar-refractivity contribution is 5.79. The van der Waals surface area contributed by atoms with Crippen LogP contribution in [0.4, 0.5) is 0 Å². The lowest BCUT2D eigenvalue weighted by molar-refractivity contribution is 0.162. The molecule has 60 valence electrons. The summed E-state index contributed by atoms with van der Waals surface area (Å²) in [5.41, 5.74) is 5.25. The molecule has 0 aliphatic heterocycles. The molecule has 0 saturated carbocycles. The van der Waals surface area contributed by atoms with Crippen molar-refractivity contribution in [3.05, 3.63) is 0 Å². The molecule has 0 aromatic rings. The van der Waals surface area contributed by atoms with Crippen LogP contribution in [0, 0.1) is 5.92 Å². The van der Waals surface area contributed by atoms with E-state index in [4.69, 9.17) is 15.7 Å². The number of hydrogen-bond acceptors (Lipinski definition) is 3. The largest absolute Gasteiger partial charge is 0.409 e. The van der Waals surface area contributed by atoms with E-state index >= 15 is 0 Å². The molecule has 0 radical (unpaired) electrons. The molecule has 0 spiro atoms. The van der Waals surface area contributed by atoms with Gasteiger partial charge in [-0.2, -0.15) is 0 Å². The van der Waals surface area contributed by atoms with Gasteiger partial charge in [0.25, 0.3) is 0 Å². The van der Waals surface area contributed by atoms with E-state index in [9.17, 15) is 0 Å². The summed E-state index contributed by atoms with van der Waals surface area (Å²) in [6.45, 7) is 2.61. The Labute approximate surface area is 60.7 Å². The number of nitrogens with two attached hydrogens (primary N) is 1. The van der Waals surface area contributed by atoms with Crippen molar-refractivity contribution in [2.24, 2.45) is 16.8 Å². The number of rotatable bonds is 4. The minimum Gasteiger partial charge on any atom is -0.409 e. The number of amidine groups is 1. The van der Waals surface area contributed by atoms with Crippen molar-refractivity contribution < 1.29 is 9.94 Å². The molecule has 4 nitrogen and oxygen atoms in total. The topological polar surface area (TPSA) is 67.8 Å². The Bertz CT molecular complexity index is 114. The molecule has 1 atom stereocenters. The first kappa shape index (κ1) is 9.23. The molecule has 10 heavy (non-hydrogen) atoms. The molecular weight excluding hydrogens is 132 g/mol. The first-order chi connectivity index (χ1) is 4.70. The van der Waals surface area contributed by atoms with Crippen LogP contribution >= 0.6 is 0 Å². The predicted octanol–water partition coefficient (Wildman–Crippen LogP) is 0.405. The fourth-order valence-electron chi connectivity index (χ4n) is 0.741. The monoisotopic (exact) mass is 146 g/mol. The van der Waals surface area contributed by atoms with E-state index in [-0.39, 0.29) is 5.84 Å². The molecule has 0 aliphatic carbocycles. The van der Waals surface area contributed by atoms with Gasteiger partial charge in [0.2, 0.25) is 0 Å². The zero-order valence-electron chi connectivity index (χ0n) is 6.37. The summed E-state index contributed by atoms with van der Waals surface area (Å²) < 4.78 is 4.86. The van der Waals surface area contributed by atoms with Crippen molar-refractivity contribution in [1.82, 2.24) is 0 Å². The summed E-state index contributed by atoms with van der Waals surface area (Å²) >= 11 is 0. The van der Waals surface area contributed by atoms with Crippen LogP contribution in [0.15, 0.2) is 5.16 Å². The van der Waals surface area contributed by atoms with E-state index in [1.165, 1.54) is 0 Å². The van der Waals surface area contributed by atoms with E-state index in [1.807, 2.05) is 6.92 Å². The van der Waals surface area contributed by atoms with Crippen molar-refractivity contribution in [3.8, 4) is 0 Å². The van der Waals surface area contributed by atoms with Crippen molar-refractivity contribution >= 4 is 5.84 Å². The molecule has 0 amide bonds. The van der Waals surface area contributed by atoms with E-state index in [0.717, 1.165) is 0 Å². The third kappa shape index (κ3) is 4.14. The maximum atomic E-state index is 8.17. The third-order valence-corrected chi connectivity index (χ3v) is 1.14. The smallest absolute Gasteiger partial charge is 0.139 e. The number of methoxy groups -OCH3 is 1. The average molecular weight is 146 g/mol. The Hall–Kier alpha value is -0.770. The third-order valence-electron chi connectivity index (χ3n) is 1.14. The van der Waals surface area contributed by atoms with Gasteiger partial charge >= 0.3 is 0 Å². The summed E-state index contributed by atoms with van der Waals surface area (Å²) in [6, 6.07) is 0. The minimum absolute atomic E-state index is 0.254. The second kappa shape index (κ2) is 5.05. The number of oxime groups is 1. The highest BCUT2D eigenvalue weighted by Gasteiger charge is 2.03. The van der Waals surface area contributed by atoms with Crippen molar-refractivity contribution in [2.45, 2.75) is 13.3 Å². The first-order valence-corrected chi connectivity index (χ1v) is 3.16. The van der Waals surface area contributed by atoms with Gasteiger partial charge in [-0.3, -0.25) is 0 Å². The summed E-state index contributed by atoms with van der Waals surface area (Å²) in [4.78, 5) is 0. The van der Waals surface area contributed by atoms with Gasteiger partial charge in [-0.05, 0) is 5.92 Å². The highest BCUT2D eigenvalue weighted by atomic mass is 16.5. The van der Waals surface area contributed by atoms with Gasteiger partial charge in [0.05, 0.1) is 0 Å². The van der Waals surface area contributed by atoms with Gasteiger partial charge in [-0.1, -0.05) is 12.1 Å². The molecule has 0 aliphatic rings. The van der Waals surface area contributed by atoms with Gasteiger partial charge in [0, 0.05) is 20.1 Å². The van der Waals surface area contributed by atoms with Crippen LogP contribution in [0.3, 0.4) is 0 Å². The second-order valence-corrected chi connectivity index (χ2v) is 2.36. The Morgan fingerprint density at radius 3 is 2.80 bits per heavy atom. The molecule has 0 saturated heterocycles. The molecule has 0 bridgehead atoms. The molecule has 0 rings (SSSR count). The van der Waals surface area contributed by atoms with Gasteiger partial charge in [0.1, 0.15) is 5.84 Å². The second-order valence-electron chi connectivity index (χ2n) is 2.36. The van der Waals surface area contributed by atoms with E-state index < -0.39 is 0 Å². The van der Waals surface area contributed by atoms with E-state index in [2.05, 4.69) is 5.16 Å². The predicted molar refractivity (Wildman–Crippen MR) is 39.1 cm³/mol. The average Bonchev–Trinajstić information content (AvgIpc) is 1.88. The standard InChI is InChI=1S/C6H14N2O2/c1-5(4-10-2)3-6(7)8-9/h5,9H,3-4H2,1-2H3,(H2,7,8). The zero-order valence-corrected chi connectivity index (χ0v) is 6.37. The summed E-state index contributed by atoms with van der Waals surface area (Å²) in [7, 11) is 1.63. The van der Waals surface area contributed by atoms with Gasteiger partial charge < -0.3 is 15.7 Å². The minimum atomic E-state index is 0.254. The summed E-state index contributed by atoms with van der Waals surface area (Å²) in [5, 5.41) is 11.0. The maximum Gasteiger partial charge on any atom is 0.139 e.